The van der Waals surface area contributed by atoms with Crippen molar-refractivity contribution in [2.24, 2.45) is 0 Å². The zero-order chi connectivity index (χ0) is 15.5. The Hall–Kier alpha value is -2.62. The highest BCUT2D eigenvalue weighted by atomic mass is 19.1. The molecule has 0 bridgehead atoms. The Morgan fingerprint density at radius 2 is 2.14 bits per heavy atom. The van der Waals surface area contributed by atoms with Crippen molar-refractivity contribution in [2.45, 2.75) is 31.2 Å². The highest BCUT2D eigenvalue weighted by molar-refractivity contribution is 5.90. The molecule has 0 aliphatic heterocycles. The van der Waals surface area contributed by atoms with E-state index in [1.165, 1.54) is 12.1 Å². The standard InChI is InChI=1S/C14H14FN3O3/c15-10-6-9(8-16)2-3-11(10)17-13(21)18-14(4-1-5-14)7-12(19)20/h2-3,6H,1,4-5,7H2,(H,19,20)(H2,17,18,21). The summed E-state index contributed by atoms with van der Waals surface area (Å²) in [5.41, 5.74) is -0.657. The molecule has 1 aliphatic rings. The van der Waals surface area contributed by atoms with Crippen LogP contribution in [0.1, 0.15) is 31.2 Å². The zero-order valence-electron chi connectivity index (χ0n) is 11.1. The SMILES string of the molecule is N#Cc1ccc(NC(=O)NC2(CC(=O)O)CCC2)c(F)c1. The number of nitrogens with one attached hydrogen (secondary N) is 2. The second-order valence-corrected chi connectivity index (χ2v) is 5.09. The van der Waals surface area contributed by atoms with Crippen molar-refractivity contribution < 1.29 is 19.1 Å². The molecule has 2 amide bonds. The van der Waals surface area contributed by atoms with Crippen LogP contribution in [0.3, 0.4) is 0 Å². The van der Waals surface area contributed by atoms with Crippen molar-refractivity contribution >= 4 is 17.7 Å². The summed E-state index contributed by atoms with van der Waals surface area (Å²) in [5.74, 6) is -1.70. The molecule has 21 heavy (non-hydrogen) atoms. The van der Waals surface area contributed by atoms with Gasteiger partial charge in [0.15, 0.2) is 0 Å². The van der Waals surface area contributed by atoms with Crippen molar-refractivity contribution in [3.63, 3.8) is 0 Å². The molecule has 0 radical (unpaired) electrons. The lowest BCUT2D eigenvalue weighted by Gasteiger charge is -2.41. The molecule has 0 unspecified atom stereocenters. The molecule has 0 spiro atoms. The predicted octanol–water partition coefficient (Wildman–Crippen LogP) is 2.22. The summed E-state index contributed by atoms with van der Waals surface area (Å²) in [4.78, 5) is 22.7. The van der Waals surface area contributed by atoms with Gasteiger partial charge in [0.05, 0.1) is 29.3 Å². The van der Waals surface area contributed by atoms with Gasteiger partial charge in [0.2, 0.25) is 0 Å². The summed E-state index contributed by atoms with van der Waals surface area (Å²) < 4.78 is 13.6. The lowest BCUT2D eigenvalue weighted by molar-refractivity contribution is -0.139. The first-order chi connectivity index (χ1) is 9.94. The number of benzene rings is 1. The maximum atomic E-state index is 13.6. The second kappa shape index (κ2) is 5.79. The van der Waals surface area contributed by atoms with Crippen LogP contribution in [-0.2, 0) is 4.79 Å². The molecule has 2 rings (SSSR count). The van der Waals surface area contributed by atoms with Crippen LogP contribution in [0.4, 0.5) is 14.9 Å². The number of aliphatic carboxylic acids is 1. The molecule has 0 aromatic heterocycles. The number of carboxylic acids is 1. The Labute approximate surface area is 120 Å². The van der Waals surface area contributed by atoms with E-state index in [0.29, 0.717) is 12.8 Å². The molecule has 1 aliphatic carbocycles. The van der Waals surface area contributed by atoms with Crippen molar-refractivity contribution in [1.29, 1.82) is 5.26 Å². The van der Waals surface area contributed by atoms with Crippen LogP contribution in [0.25, 0.3) is 0 Å². The van der Waals surface area contributed by atoms with E-state index in [1.54, 1.807) is 6.07 Å². The van der Waals surface area contributed by atoms with Gasteiger partial charge in [-0.3, -0.25) is 4.79 Å². The minimum Gasteiger partial charge on any atom is -0.481 e. The van der Waals surface area contributed by atoms with Crippen LogP contribution in [0, 0.1) is 17.1 Å². The Morgan fingerprint density at radius 3 is 2.62 bits per heavy atom. The van der Waals surface area contributed by atoms with Crippen LogP contribution in [-0.4, -0.2) is 22.6 Å². The third-order valence-corrected chi connectivity index (χ3v) is 3.53. The number of rotatable bonds is 4. The topological polar surface area (TPSA) is 102 Å². The van der Waals surface area contributed by atoms with E-state index in [9.17, 15) is 14.0 Å². The van der Waals surface area contributed by atoms with Gasteiger partial charge < -0.3 is 15.7 Å². The molecule has 6 nitrogen and oxygen atoms in total. The molecule has 1 fully saturated rings. The van der Waals surface area contributed by atoms with Crippen molar-refractivity contribution in [2.75, 3.05) is 5.32 Å². The number of anilines is 1. The monoisotopic (exact) mass is 291 g/mol. The Bertz CT molecular complexity index is 620. The van der Waals surface area contributed by atoms with Crippen LogP contribution in [0.2, 0.25) is 0 Å². The van der Waals surface area contributed by atoms with Gasteiger partial charge in [-0.15, -0.1) is 0 Å². The largest absolute Gasteiger partial charge is 0.481 e. The summed E-state index contributed by atoms with van der Waals surface area (Å²) >= 11 is 0. The average Bonchev–Trinajstić information content (AvgIpc) is 2.38. The van der Waals surface area contributed by atoms with E-state index < -0.39 is 23.4 Å². The third kappa shape index (κ3) is 3.48. The molecule has 1 aromatic carbocycles. The Kier molecular flexibility index (Phi) is 4.08. The van der Waals surface area contributed by atoms with Gasteiger partial charge >= 0.3 is 12.0 Å². The Balaban J connectivity index is 2.02. The average molecular weight is 291 g/mol. The summed E-state index contributed by atoms with van der Waals surface area (Å²) in [5, 5.41) is 22.4. The lowest BCUT2D eigenvalue weighted by atomic mass is 9.74. The number of nitrogens with zero attached hydrogens (tertiary/aromatic N) is 1. The fourth-order valence-electron chi connectivity index (χ4n) is 2.32. The minimum absolute atomic E-state index is 0.0590. The van der Waals surface area contributed by atoms with E-state index in [4.69, 9.17) is 10.4 Å². The van der Waals surface area contributed by atoms with E-state index in [0.717, 1.165) is 12.5 Å². The molecule has 1 saturated carbocycles. The molecule has 7 heteroatoms. The van der Waals surface area contributed by atoms with Crippen LogP contribution < -0.4 is 10.6 Å². The molecular formula is C14H14FN3O3. The van der Waals surface area contributed by atoms with Crippen LogP contribution >= 0.6 is 0 Å². The van der Waals surface area contributed by atoms with E-state index in [-0.39, 0.29) is 17.7 Å². The van der Waals surface area contributed by atoms with Gasteiger partial charge in [-0.25, -0.2) is 9.18 Å². The quantitative estimate of drug-likeness (QED) is 0.791. The smallest absolute Gasteiger partial charge is 0.319 e. The minimum atomic E-state index is -0.987. The number of carbonyl (C=O) groups is 2. The molecule has 1 aromatic rings. The number of hydrogen-bond donors (Lipinski definition) is 3. The fourth-order valence-corrected chi connectivity index (χ4v) is 2.32. The lowest BCUT2D eigenvalue weighted by Crippen LogP contribution is -2.55. The highest BCUT2D eigenvalue weighted by Gasteiger charge is 2.40. The normalized spacial score (nSPS) is 15.4. The van der Waals surface area contributed by atoms with E-state index in [1.807, 2.05) is 0 Å². The molecular weight excluding hydrogens is 277 g/mol. The number of hydrogen-bond acceptors (Lipinski definition) is 3. The van der Waals surface area contributed by atoms with Crippen molar-refractivity contribution in [3.8, 4) is 6.07 Å². The molecule has 110 valence electrons. The molecule has 0 atom stereocenters. The van der Waals surface area contributed by atoms with Crippen LogP contribution in [0.5, 0.6) is 0 Å². The maximum absolute atomic E-state index is 13.6. The third-order valence-electron chi connectivity index (χ3n) is 3.53. The number of carboxylic acid groups (broad SMARTS) is 1. The summed E-state index contributed by atoms with van der Waals surface area (Å²) in [6.07, 6.45) is 1.86. The first kappa shape index (κ1) is 14.8. The van der Waals surface area contributed by atoms with Crippen LogP contribution in [0.15, 0.2) is 18.2 Å². The summed E-state index contributed by atoms with van der Waals surface area (Å²) in [6.45, 7) is 0. The number of nitriles is 1. The predicted molar refractivity (Wildman–Crippen MR) is 72.1 cm³/mol. The van der Waals surface area contributed by atoms with Gasteiger partial charge in [-0.2, -0.15) is 5.26 Å². The van der Waals surface area contributed by atoms with Gasteiger partial charge in [0, 0.05) is 0 Å². The first-order valence-corrected chi connectivity index (χ1v) is 6.45. The number of amides is 2. The highest BCUT2D eigenvalue weighted by Crippen LogP contribution is 2.35. The number of halogens is 1. The molecule has 3 N–H and O–H groups in total. The second-order valence-electron chi connectivity index (χ2n) is 5.09. The van der Waals surface area contributed by atoms with Gasteiger partial charge in [-0.05, 0) is 37.5 Å². The van der Waals surface area contributed by atoms with Crippen molar-refractivity contribution in [1.82, 2.24) is 5.32 Å². The van der Waals surface area contributed by atoms with Gasteiger partial charge in [0.1, 0.15) is 5.82 Å². The van der Waals surface area contributed by atoms with E-state index in [2.05, 4.69) is 10.6 Å². The summed E-state index contributed by atoms with van der Waals surface area (Å²) in [7, 11) is 0. The maximum Gasteiger partial charge on any atom is 0.319 e. The van der Waals surface area contributed by atoms with Gasteiger partial charge in [0.25, 0.3) is 0 Å². The fraction of sp³-hybridized carbons (Fsp3) is 0.357. The first-order valence-electron chi connectivity index (χ1n) is 6.45. The van der Waals surface area contributed by atoms with Gasteiger partial charge in [-0.1, -0.05) is 0 Å². The number of carbonyl (C=O) groups excluding carboxylic acids is 1. The number of urea groups is 1. The Morgan fingerprint density at radius 1 is 1.43 bits per heavy atom. The molecule has 0 saturated heterocycles. The summed E-state index contributed by atoms with van der Waals surface area (Å²) in [6, 6.07) is 4.83. The molecule has 0 heterocycles. The van der Waals surface area contributed by atoms with E-state index >= 15 is 0 Å². The van der Waals surface area contributed by atoms with Crippen molar-refractivity contribution in [3.05, 3.63) is 29.6 Å². The zero-order valence-corrected chi connectivity index (χ0v) is 11.1.